The molecule has 0 atom stereocenters. The highest BCUT2D eigenvalue weighted by molar-refractivity contribution is 7.99. The molecule has 0 bridgehead atoms. The van der Waals surface area contributed by atoms with Crippen molar-refractivity contribution in [3.05, 3.63) is 0 Å². The summed E-state index contributed by atoms with van der Waals surface area (Å²) >= 11 is 2.17. The first-order valence-electron chi connectivity index (χ1n) is 19.3. The van der Waals surface area contributed by atoms with Gasteiger partial charge in [-0.1, -0.05) is 142 Å². The fourth-order valence-corrected chi connectivity index (χ4v) is 6.88. The smallest absolute Gasteiger partial charge is 0.322 e. The molecule has 0 radical (unpaired) electrons. The summed E-state index contributed by atoms with van der Waals surface area (Å²) in [5, 5.41) is 11.0. The second kappa shape index (κ2) is 35.6. The molecule has 2 N–H and O–H groups in total. The van der Waals surface area contributed by atoms with Crippen molar-refractivity contribution in [3.8, 4) is 0 Å². The largest absolute Gasteiger partial charge is 0.480 e. The Bertz CT molecular complexity index is 676. The molecule has 0 rings (SSSR count). The lowest BCUT2D eigenvalue weighted by Gasteiger charge is -2.21. The average molecular weight is 655 g/mol. The predicted molar refractivity (Wildman–Crippen MR) is 195 cm³/mol. The molecule has 6 nitrogen and oxygen atoms in total. The Kier molecular flexibility index (Phi) is 34.6. The third-order valence-corrected chi connectivity index (χ3v) is 9.98. The molecule has 0 aromatic heterocycles. The van der Waals surface area contributed by atoms with Gasteiger partial charge in [-0.2, -0.15) is 11.8 Å². The number of hydrogen-bond donors (Lipinski definition) is 2. The van der Waals surface area contributed by atoms with Crippen LogP contribution < -0.4 is 5.32 Å². The summed E-state index contributed by atoms with van der Waals surface area (Å²) in [6.07, 6.45) is 34.4. The van der Waals surface area contributed by atoms with Crippen LogP contribution in [0.15, 0.2) is 0 Å². The normalized spacial score (nSPS) is 11.2. The molecule has 0 saturated heterocycles. The maximum Gasteiger partial charge on any atom is 0.322 e. The number of carbonyl (C=O) groups is 3. The van der Waals surface area contributed by atoms with Crippen LogP contribution in [0.4, 0.5) is 0 Å². The summed E-state index contributed by atoms with van der Waals surface area (Å²) < 4.78 is 0. The molecule has 0 aliphatic rings. The maximum absolute atomic E-state index is 12.6. The molecule has 0 aliphatic carbocycles. The summed E-state index contributed by atoms with van der Waals surface area (Å²) in [6, 6.07) is 0. The highest BCUT2D eigenvalue weighted by Crippen LogP contribution is 2.16. The zero-order valence-electron chi connectivity index (χ0n) is 29.9. The van der Waals surface area contributed by atoms with E-state index in [1.165, 1.54) is 146 Å². The predicted octanol–water partition coefficient (Wildman–Crippen LogP) is 10.7. The van der Waals surface area contributed by atoms with Crippen LogP contribution in [0.25, 0.3) is 0 Å². The van der Waals surface area contributed by atoms with E-state index in [-0.39, 0.29) is 12.5 Å². The fraction of sp³-hybridized carbons (Fsp3) is 0.921. The van der Waals surface area contributed by atoms with Crippen LogP contribution in [0.2, 0.25) is 0 Å². The Balaban J connectivity index is 3.41. The molecule has 0 aromatic rings. The molecule has 0 saturated carbocycles. The number of aliphatic carboxylic acids is 1. The van der Waals surface area contributed by atoms with Crippen LogP contribution in [0.1, 0.15) is 194 Å². The highest BCUT2D eigenvalue weighted by Gasteiger charge is 2.10. The first kappa shape index (κ1) is 43.8. The standard InChI is InChI=1S/C38H74N2O4S/c1-3-5-6-7-8-9-13-18-23-28-33-45-34-29-24-19-14-11-16-21-26-31-37(42)40(4-2)32-27-22-17-12-10-15-20-25-30-36(41)39-35-38(43)44/h3-35H2,1-2H3,(H,39,41)(H,43,44). The minimum Gasteiger partial charge on any atom is -0.480 e. The van der Waals surface area contributed by atoms with E-state index in [0.717, 1.165) is 45.2 Å². The number of carboxylic acid groups (broad SMARTS) is 1. The summed E-state index contributed by atoms with van der Waals surface area (Å²) in [5.74, 6) is 1.86. The molecule has 0 aliphatic heterocycles. The Labute approximate surface area is 283 Å². The van der Waals surface area contributed by atoms with Gasteiger partial charge in [0.25, 0.3) is 0 Å². The van der Waals surface area contributed by atoms with Crippen molar-refractivity contribution in [2.24, 2.45) is 0 Å². The van der Waals surface area contributed by atoms with Crippen LogP contribution in [0.5, 0.6) is 0 Å². The minimum atomic E-state index is -1.00. The number of carboxylic acids is 1. The van der Waals surface area contributed by atoms with Gasteiger partial charge in [0.05, 0.1) is 0 Å². The van der Waals surface area contributed by atoms with Crippen LogP contribution in [0.3, 0.4) is 0 Å². The first-order valence-corrected chi connectivity index (χ1v) is 20.5. The van der Waals surface area contributed by atoms with Gasteiger partial charge in [0.2, 0.25) is 11.8 Å². The molecule has 7 heteroatoms. The zero-order chi connectivity index (χ0) is 33.1. The number of nitrogens with zero attached hydrogens (tertiary/aromatic N) is 1. The van der Waals surface area contributed by atoms with Gasteiger partial charge in [-0.15, -0.1) is 0 Å². The van der Waals surface area contributed by atoms with Crippen molar-refractivity contribution in [2.45, 2.75) is 194 Å². The van der Waals surface area contributed by atoms with Gasteiger partial charge in [0.1, 0.15) is 6.54 Å². The average Bonchev–Trinajstić information content (AvgIpc) is 3.03. The molecule has 0 heterocycles. The van der Waals surface area contributed by atoms with Gasteiger partial charge in [0, 0.05) is 25.9 Å². The molecule has 266 valence electrons. The Morgan fingerprint density at radius 3 is 1.38 bits per heavy atom. The lowest BCUT2D eigenvalue weighted by Crippen LogP contribution is -2.31. The second-order valence-corrected chi connectivity index (χ2v) is 14.3. The molecule has 0 aromatic carbocycles. The molecular formula is C38H74N2O4S. The Morgan fingerprint density at radius 2 is 0.933 bits per heavy atom. The van der Waals surface area contributed by atoms with Gasteiger partial charge in [-0.25, -0.2) is 0 Å². The van der Waals surface area contributed by atoms with E-state index in [9.17, 15) is 14.4 Å². The van der Waals surface area contributed by atoms with Gasteiger partial charge in [-0.3, -0.25) is 14.4 Å². The van der Waals surface area contributed by atoms with E-state index in [2.05, 4.69) is 30.9 Å². The molecular weight excluding hydrogens is 580 g/mol. The molecule has 0 spiro atoms. The third kappa shape index (κ3) is 33.9. The number of hydrogen-bond acceptors (Lipinski definition) is 4. The van der Waals surface area contributed by atoms with Crippen molar-refractivity contribution in [3.63, 3.8) is 0 Å². The summed E-state index contributed by atoms with van der Waals surface area (Å²) in [5.41, 5.74) is 0. The van der Waals surface area contributed by atoms with E-state index in [1.807, 2.05) is 4.90 Å². The number of carbonyl (C=O) groups excluding carboxylic acids is 2. The van der Waals surface area contributed by atoms with Crippen LogP contribution in [0, 0.1) is 0 Å². The van der Waals surface area contributed by atoms with Crippen molar-refractivity contribution in [1.29, 1.82) is 0 Å². The number of nitrogens with one attached hydrogen (secondary N) is 1. The number of thioether (sulfide) groups is 1. The van der Waals surface area contributed by atoms with Crippen molar-refractivity contribution >= 4 is 29.5 Å². The van der Waals surface area contributed by atoms with Gasteiger partial charge in [0.15, 0.2) is 0 Å². The van der Waals surface area contributed by atoms with Crippen LogP contribution >= 0.6 is 11.8 Å². The van der Waals surface area contributed by atoms with Gasteiger partial charge in [-0.05, 0) is 50.5 Å². The first-order chi connectivity index (χ1) is 22.0. The third-order valence-electron chi connectivity index (χ3n) is 8.82. The number of rotatable bonds is 36. The lowest BCUT2D eigenvalue weighted by molar-refractivity contribution is -0.138. The summed E-state index contributed by atoms with van der Waals surface area (Å²) in [6.45, 7) is 5.79. The van der Waals surface area contributed by atoms with E-state index < -0.39 is 5.97 Å². The minimum absolute atomic E-state index is 0.174. The Hall–Kier alpha value is -1.24. The van der Waals surface area contributed by atoms with E-state index in [1.54, 1.807) is 0 Å². The second-order valence-electron chi connectivity index (χ2n) is 13.1. The van der Waals surface area contributed by atoms with Crippen LogP contribution in [-0.2, 0) is 14.4 Å². The topological polar surface area (TPSA) is 86.7 Å². The molecule has 2 amide bonds. The van der Waals surface area contributed by atoms with E-state index in [4.69, 9.17) is 5.11 Å². The van der Waals surface area contributed by atoms with Crippen molar-refractivity contribution in [1.82, 2.24) is 10.2 Å². The molecule has 0 fully saturated rings. The SMILES string of the molecule is CCCCCCCCCCCCSCCCCCCCCCCC(=O)N(CC)CCCCCCCCCCC(=O)NCC(=O)O. The van der Waals surface area contributed by atoms with Gasteiger partial charge >= 0.3 is 5.97 Å². The van der Waals surface area contributed by atoms with E-state index >= 15 is 0 Å². The molecule has 45 heavy (non-hydrogen) atoms. The molecule has 0 unspecified atom stereocenters. The maximum atomic E-state index is 12.6. The summed E-state index contributed by atoms with van der Waals surface area (Å²) in [4.78, 5) is 36.6. The monoisotopic (exact) mass is 655 g/mol. The zero-order valence-corrected chi connectivity index (χ0v) is 30.7. The van der Waals surface area contributed by atoms with Gasteiger partial charge < -0.3 is 15.3 Å². The van der Waals surface area contributed by atoms with E-state index in [0.29, 0.717) is 18.7 Å². The lowest BCUT2D eigenvalue weighted by atomic mass is 10.1. The fourth-order valence-electron chi connectivity index (χ4n) is 5.86. The quantitative estimate of drug-likeness (QED) is 0.0657. The number of unbranched alkanes of at least 4 members (excludes halogenated alkanes) is 23. The highest BCUT2D eigenvalue weighted by atomic mass is 32.2. The number of amides is 2. The Morgan fingerprint density at radius 1 is 0.533 bits per heavy atom. The summed E-state index contributed by atoms with van der Waals surface area (Å²) in [7, 11) is 0. The van der Waals surface area contributed by atoms with Crippen molar-refractivity contribution in [2.75, 3.05) is 31.1 Å². The van der Waals surface area contributed by atoms with Crippen molar-refractivity contribution < 1.29 is 19.5 Å². The van der Waals surface area contributed by atoms with Crippen LogP contribution in [-0.4, -0.2) is 58.9 Å².